The molecule has 2 aliphatic heterocycles. The van der Waals surface area contributed by atoms with E-state index in [9.17, 15) is 14.4 Å². The van der Waals surface area contributed by atoms with E-state index in [1.54, 1.807) is 74.9 Å². The Morgan fingerprint density at radius 3 is 2.18 bits per heavy atom. The maximum atomic E-state index is 14.9. The SMILES string of the molecule is COc1cccc(C(=O)[C@@H]2[C@H](c3ccc(OC)c(OC)c3)C3(C(=O)c4ccccc4C3=O)[C@H]3C=Cc4cc(C)ccc4N23)c1. The summed E-state index contributed by atoms with van der Waals surface area (Å²) >= 11 is 0. The molecule has 0 saturated carbocycles. The number of nitrogens with zero attached hydrogens (tertiary/aromatic N) is 1. The number of ether oxygens (including phenoxy) is 3. The van der Waals surface area contributed by atoms with Gasteiger partial charge in [-0.3, -0.25) is 14.4 Å². The molecule has 1 fully saturated rings. The Labute approximate surface area is 255 Å². The molecule has 0 bridgehead atoms. The second-order valence-corrected chi connectivity index (χ2v) is 11.5. The first kappa shape index (κ1) is 27.7. The van der Waals surface area contributed by atoms with Crippen LogP contribution in [0.1, 0.15) is 53.7 Å². The number of Topliss-reactive ketones (excluding diaryl/α,β-unsaturated/α-hetero) is 3. The Morgan fingerprint density at radius 2 is 1.50 bits per heavy atom. The molecule has 44 heavy (non-hydrogen) atoms. The molecular formula is C37H31NO6. The fourth-order valence-electron chi connectivity index (χ4n) is 7.46. The van der Waals surface area contributed by atoms with Gasteiger partial charge >= 0.3 is 0 Å². The van der Waals surface area contributed by atoms with Gasteiger partial charge in [-0.2, -0.15) is 0 Å². The van der Waals surface area contributed by atoms with Crippen LogP contribution in [-0.2, 0) is 0 Å². The van der Waals surface area contributed by atoms with Crippen LogP contribution in [0.4, 0.5) is 5.69 Å². The molecule has 220 valence electrons. The molecule has 0 radical (unpaired) electrons. The fourth-order valence-corrected chi connectivity index (χ4v) is 7.46. The Balaban J connectivity index is 1.55. The Hall–Kier alpha value is -5.17. The van der Waals surface area contributed by atoms with Crippen molar-refractivity contribution in [1.29, 1.82) is 0 Å². The van der Waals surface area contributed by atoms with Gasteiger partial charge < -0.3 is 19.1 Å². The molecule has 7 nitrogen and oxygen atoms in total. The summed E-state index contributed by atoms with van der Waals surface area (Å²) in [7, 11) is 4.64. The van der Waals surface area contributed by atoms with Crippen molar-refractivity contribution >= 4 is 29.1 Å². The molecule has 0 unspecified atom stereocenters. The van der Waals surface area contributed by atoms with Crippen LogP contribution in [-0.4, -0.2) is 50.8 Å². The molecule has 2 heterocycles. The monoisotopic (exact) mass is 585 g/mol. The van der Waals surface area contributed by atoms with E-state index in [1.807, 2.05) is 42.2 Å². The second kappa shape index (κ2) is 10.2. The minimum absolute atomic E-state index is 0.219. The predicted molar refractivity (Wildman–Crippen MR) is 167 cm³/mol. The molecule has 0 amide bonds. The first-order valence-corrected chi connectivity index (χ1v) is 14.5. The summed E-state index contributed by atoms with van der Waals surface area (Å²) in [4.78, 5) is 46.6. The van der Waals surface area contributed by atoms with E-state index in [-0.39, 0.29) is 17.3 Å². The summed E-state index contributed by atoms with van der Waals surface area (Å²) in [5.41, 5.74) is 2.98. The summed E-state index contributed by atoms with van der Waals surface area (Å²) in [6.07, 6.45) is 3.90. The van der Waals surface area contributed by atoms with Crippen LogP contribution in [0.2, 0.25) is 0 Å². The normalized spacial score (nSPS) is 20.7. The highest BCUT2D eigenvalue weighted by molar-refractivity contribution is 6.32. The summed E-state index contributed by atoms with van der Waals surface area (Å²) in [5, 5.41) is 0. The zero-order valence-corrected chi connectivity index (χ0v) is 24.9. The summed E-state index contributed by atoms with van der Waals surface area (Å²) in [5.74, 6) is -0.163. The first-order chi connectivity index (χ1) is 21.3. The van der Waals surface area contributed by atoms with Crippen LogP contribution in [0.3, 0.4) is 0 Å². The number of hydrogen-bond donors (Lipinski definition) is 0. The minimum Gasteiger partial charge on any atom is -0.497 e. The van der Waals surface area contributed by atoms with Gasteiger partial charge in [0.25, 0.3) is 0 Å². The van der Waals surface area contributed by atoms with Crippen LogP contribution >= 0.6 is 0 Å². The van der Waals surface area contributed by atoms with Crippen molar-refractivity contribution in [2.24, 2.45) is 5.41 Å². The molecular weight excluding hydrogens is 554 g/mol. The maximum Gasteiger partial charge on any atom is 0.186 e. The average Bonchev–Trinajstić information content (AvgIpc) is 3.49. The third-order valence-corrected chi connectivity index (χ3v) is 9.35. The van der Waals surface area contributed by atoms with Crippen molar-refractivity contribution in [1.82, 2.24) is 0 Å². The molecule has 7 heteroatoms. The second-order valence-electron chi connectivity index (χ2n) is 11.5. The smallest absolute Gasteiger partial charge is 0.186 e. The molecule has 0 N–H and O–H groups in total. The summed E-state index contributed by atoms with van der Waals surface area (Å²) in [6, 6.07) is 23.7. The number of benzene rings is 4. The molecule has 0 aromatic heterocycles. The molecule has 3 atom stereocenters. The standard InChI is InChI=1S/C37H31NO6/c1-21-12-15-28-22(18-21)14-17-31-37(35(40)26-10-5-6-11-27(26)36(37)41)32(23-13-16-29(43-3)30(20-23)44-4)33(38(28)31)34(39)24-8-7-9-25(19-24)42-2/h5-20,31-33H,1-4H3/t31-,32+,33+/m1/s1. The maximum absolute atomic E-state index is 14.9. The lowest BCUT2D eigenvalue weighted by atomic mass is 9.64. The third kappa shape index (κ3) is 3.71. The third-order valence-electron chi connectivity index (χ3n) is 9.35. The molecule has 7 rings (SSSR count). The average molecular weight is 586 g/mol. The van der Waals surface area contributed by atoms with Crippen LogP contribution in [0.5, 0.6) is 17.2 Å². The van der Waals surface area contributed by atoms with Crippen molar-refractivity contribution in [3.05, 3.63) is 124 Å². The number of fused-ring (bicyclic) bond motifs is 5. The van der Waals surface area contributed by atoms with E-state index < -0.39 is 23.4 Å². The predicted octanol–water partition coefficient (Wildman–Crippen LogP) is 6.34. The lowest BCUT2D eigenvalue weighted by molar-refractivity contribution is 0.0665. The van der Waals surface area contributed by atoms with E-state index in [2.05, 4.69) is 6.07 Å². The Kier molecular flexibility index (Phi) is 6.43. The van der Waals surface area contributed by atoms with E-state index >= 15 is 0 Å². The lowest BCUT2D eigenvalue weighted by Gasteiger charge is -2.37. The van der Waals surface area contributed by atoms with Crippen molar-refractivity contribution in [2.75, 3.05) is 26.2 Å². The molecule has 4 aromatic carbocycles. The van der Waals surface area contributed by atoms with Gasteiger partial charge in [0.05, 0.1) is 27.4 Å². The Bertz CT molecular complexity index is 1860. The van der Waals surface area contributed by atoms with Crippen molar-refractivity contribution < 1.29 is 28.6 Å². The fraction of sp³-hybridized carbons (Fsp3) is 0.216. The van der Waals surface area contributed by atoms with E-state index in [0.29, 0.717) is 39.5 Å². The topological polar surface area (TPSA) is 82.1 Å². The van der Waals surface area contributed by atoms with Crippen LogP contribution < -0.4 is 19.1 Å². The lowest BCUT2D eigenvalue weighted by Crippen LogP contribution is -2.48. The first-order valence-electron chi connectivity index (χ1n) is 14.5. The summed E-state index contributed by atoms with van der Waals surface area (Å²) in [6.45, 7) is 2.01. The van der Waals surface area contributed by atoms with Gasteiger partial charge in [-0.15, -0.1) is 0 Å². The number of hydrogen-bond acceptors (Lipinski definition) is 7. The highest BCUT2D eigenvalue weighted by Crippen LogP contribution is 2.61. The molecule has 1 spiro atoms. The number of ketones is 3. The number of methoxy groups -OCH3 is 3. The van der Waals surface area contributed by atoms with Gasteiger partial charge in [0.2, 0.25) is 0 Å². The van der Waals surface area contributed by atoms with Gasteiger partial charge in [0.15, 0.2) is 28.8 Å². The van der Waals surface area contributed by atoms with Crippen molar-refractivity contribution in [3.63, 3.8) is 0 Å². The number of anilines is 1. The molecule has 3 aliphatic rings. The highest BCUT2D eigenvalue weighted by Gasteiger charge is 2.71. The zero-order valence-electron chi connectivity index (χ0n) is 24.9. The molecule has 1 saturated heterocycles. The highest BCUT2D eigenvalue weighted by atomic mass is 16.5. The van der Waals surface area contributed by atoms with E-state index in [0.717, 1.165) is 16.8 Å². The van der Waals surface area contributed by atoms with Gasteiger partial charge in [0.1, 0.15) is 17.2 Å². The number of carbonyl (C=O) groups excluding carboxylic acids is 3. The van der Waals surface area contributed by atoms with Crippen molar-refractivity contribution in [3.8, 4) is 17.2 Å². The minimum atomic E-state index is -1.61. The molecule has 4 aromatic rings. The molecule has 1 aliphatic carbocycles. The van der Waals surface area contributed by atoms with Crippen LogP contribution in [0, 0.1) is 12.3 Å². The van der Waals surface area contributed by atoms with Gasteiger partial charge in [0, 0.05) is 28.3 Å². The van der Waals surface area contributed by atoms with Gasteiger partial charge in [-0.25, -0.2) is 0 Å². The number of rotatable bonds is 6. The summed E-state index contributed by atoms with van der Waals surface area (Å²) < 4.78 is 16.7. The number of aryl methyl sites for hydroxylation is 1. The van der Waals surface area contributed by atoms with Crippen molar-refractivity contribution in [2.45, 2.75) is 24.9 Å². The van der Waals surface area contributed by atoms with Gasteiger partial charge in [-0.05, 0) is 54.4 Å². The number of carbonyl (C=O) groups is 3. The zero-order chi connectivity index (χ0) is 30.7. The largest absolute Gasteiger partial charge is 0.497 e. The van der Waals surface area contributed by atoms with Gasteiger partial charge in [-0.1, -0.05) is 66.2 Å². The van der Waals surface area contributed by atoms with Crippen LogP contribution in [0.15, 0.2) is 91.0 Å². The van der Waals surface area contributed by atoms with Crippen LogP contribution in [0.25, 0.3) is 6.08 Å². The van der Waals surface area contributed by atoms with E-state index in [1.165, 1.54) is 7.11 Å². The quantitative estimate of drug-likeness (QED) is 0.193. The Morgan fingerprint density at radius 1 is 0.773 bits per heavy atom. The van der Waals surface area contributed by atoms with E-state index in [4.69, 9.17) is 14.2 Å².